The van der Waals surface area contributed by atoms with E-state index in [1.807, 2.05) is 0 Å². The van der Waals surface area contributed by atoms with Crippen molar-refractivity contribution < 1.29 is 9.53 Å². The first kappa shape index (κ1) is 9.68. The lowest BCUT2D eigenvalue weighted by molar-refractivity contribution is -0.121. The van der Waals surface area contributed by atoms with Gasteiger partial charge in [0, 0.05) is 13.5 Å². The van der Waals surface area contributed by atoms with Gasteiger partial charge in [-0.25, -0.2) is 0 Å². The van der Waals surface area contributed by atoms with Crippen LogP contribution in [0.3, 0.4) is 0 Å². The summed E-state index contributed by atoms with van der Waals surface area (Å²) in [6, 6.07) is -0.409. The minimum absolute atomic E-state index is 0.142. The number of hydrogen-bond donors (Lipinski definition) is 1. The van der Waals surface area contributed by atoms with Crippen LogP contribution >= 0.6 is 0 Å². The van der Waals surface area contributed by atoms with Crippen LogP contribution in [0, 0.1) is 5.92 Å². The van der Waals surface area contributed by atoms with Crippen LogP contribution < -0.4 is 5.73 Å². The molecule has 3 heteroatoms. The molecule has 12 heavy (non-hydrogen) atoms. The van der Waals surface area contributed by atoms with Crippen LogP contribution in [0.4, 0.5) is 0 Å². The molecule has 0 aliphatic heterocycles. The molecule has 1 unspecified atom stereocenters. The number of carbonyl (C=O) groups excluding carboxylic acids is 1. The van der Waals surface area contributed by atoms with E-state index in [1.54, 1.807) is 7.11 Å². The molecule has 1 atom stereocenters. The van der Waals surface area contributed by atoms with Crippen LogP contribution in [0.15, 0.2) is 0 Å². The summed E-state index contributed by atoms with van der Waals surface area (Å²) in [5, 5.41) is 0. The third kappa shape index (κ3) is 3.32. The fraction of sp³-hybridized carbons (Fsp3) is 0.889. The second-order valence-corrected chi connectivity index (χ2v) is 3.51. The molecule has 70 valence electrons. The standard InChI is InChI=1S/C9H17NO2/c1-12-6-8(10)9(11)5-4-7-2-3-7/h7-8H,2-6,10H2,1H3. The Morgan fingerprint density at radius 3 is 2.83 bits per heavy atom. The smallest absolute Gasteiger partial charge is 0.151 e. The molecule has 0 saturated heterocycles. The summed E-state index contributed by atoms with van der Waals surface area (Å²) >= 11 is 0. The summed E-state index contributed by atoms with van der Waals surface area (Å²) in [4.78, 5) is 11.3. The van der Waals surface area contributed by atoms with Gasteiger partial charge in [-0.2, -0.15) is 0 Å². The van der Waals surface area contributed by atoms with Crippen LogP contribution in [0.1, 0.15) is 25.7 Å². The van der Waals surface area contributed by atoms with Gasteiger partial charge >= 0.3 is 0 Å². The van der Waals surface area contributed by atoms with Crippen LogP contribution in [0.2, 0.25) is 0 Å². The lowest BCUT2D eigenvalue weighted by Crippen LogP contribution is -2.34. The molecule has 3 nitrogen and oxygen atoms in total. The van der Waals surface area contributed by atoms with E-state index >= 15 is 0 Å². The topological polar surface area (TPSA) is 52.3 Å². The normalized spacial score (nSPS) is 19.2. The average Bonchev–Trinajstić information content (AvgIpc) is 2.83. The van der Waals surface area contributed by atoms with Crippen molar-refractivity contribution in [2.75, 3.05) is 13.7 Å². The van der Waals surface area contributed by atoms with Gasteiger partial charge in [-0.05, 0) is 12.3 Å². The lowest BCUT2D eigenvalue weighted by Gasteiger charge is -2.08. The quantitative estimate of drug-likeness (QED) is 0.640. The number of ether oxygens (including phenoxy) is 1. The van der Waals surface area contributed by atoms with E-state index in [9.17, 15) is 4.79 Å². The van der Waals surface area contributed by atoms with Crippen LogP contribution in [0.25, 0.3) is 0 Å². The molecular formula is C9H17NO2. The summed E-state index contributed by atoms with van der Waals surface area (Å²) in [6.45, 7) is 0.351. The highest BCUT2D eigenvalue weighted by Gasteiger charge is 2.23. The van der Waals surface area contributed by atoms with Crippen molar-refractivity contribution in [3.8, 4) is 0 Å². The van der Waals surface area contributed by atoms with Gasteiger partial charge < -0.3 is 10.5 Å². The molecule has 0 aromatic heterocycles. The molecule has 1 rings (SSSR count). The van der Waals surface area contributed by atoms with Crippen LogP contribution in [-0.2, 0) is 9.53 Å². The Labute approximate surface area is 73.3 Å². The first-order valence-electron chi connectivity index (χ1n) is 4.51. The molecule has 0 aromatic rings. The molecule has 2 N–H and O–H groups in total. The first-order chi connectivity index (χ1) is 5.74. The maximum atomic E-state index is 11.3. The van der Waals surface area contributed by atoms with Gasteiger partial charge in [0.2, 0.25) is 0 Å². The van der Waals surface area contributed by atoms with Crippen molar-refractivity contribution in [1.29, 1.82) is 0 Å². The number of rotatable bonds is 6. The van der Waals surface area contributed by atoms with Crippen molar-refractivity contribution in [2.45, 2.75) is 31.7 Å². The highest BCUT2D eigenvalue weighted by molar-refractivity contribution is 5.83. The minimum atomic E-state index is -0.409. The Balaban J connectivity index is 2.07. The number of nitrogens with two attached hydrogens (primary N) is 1. The third-order valence-electron chi connectivity index (χ3n) is 2.26. The summed E-state index contributed by atoms with van der Waals surface area (Å²) in [6.07, 6.45) is 4.25. The largest absolute Gasteiger partial charge is 0.383 e. The van der Waals surface area contributed by atoms with Crippen molar-refractivity contribution in [3.05, 3.63) is 0 Å². The Hall–Kier alpha value is -0.410. The molecule has 0 heterocycles. The number of ketones is 1. The average molecular weight is 171 g/mol. The van der Waals surface area contributed by atoms with E-state index in [0.717, 1.165) is 12.3 Å². The summed E-state index contributed by atoms with van der Waals surface area (Å²) in [7, 11) is 1.56. The Bertz CT molecular complexity index is 155. The number of hydrogen-bond acceptors (Lipinski definition) is 3. The molecule has 1 fully saturated rings. The SMILES string of the molecule is COCC(N)C(=O)CCC1CC1. The van der Waals surface area contributed by atoms with Gasteiger partial charge in [-0.1, -0.05) is 12.8 Å². The monoisotopic (exact) mass is 171 g/mol. The predicted octanol–water partition coefficient (Wildman–Crippen LogP) is 0.719. The fourth-order valence-electron chi connectivity index (χ4n) is 1.21. The van der Waals surface area contributed by atoms with E-state index in [2.05, 4.69) is 0 Å². The van der Waals surface area contributed by atoms with Crippen molar-refractivity contribution >= 4 is 5.78 Å². The van der Waals surface area contributed by atoms with E-state index in [1.165, 1.54) is 12.8 Å². The number of Topliss-reactive ketones (excluding diaryl/α,β-unsaturated/α-hetero) is 1. The maximum Gasteiger partial charge on any atom is 0.151 e. The zero-order valence-corrected chi connectivity index (χ0v) is 7.58. The molecule has 1 saturated carbocycles. The minimum Gasteiger partial charge on any atom is -0.383 e. The van der Waals surface area contributed by atoms with Crippen LogP contribution in [0.5, 0.6) is 0 Å². The van der Waals surface area contributed by atoms with Gasteiger partial charge in [-0.15, -0.1) is 0 Å². The van der Waals surface area contributed by atoms with Crippen molar-refractivity contribution in [3.63, 3.8) is 0 Å². The molecule has 1 aliphatic carbocycles. The summed E-state index contributed by atoms with van der Waals surface area (Å²) in [5.41, 5.74) is 5.56. The number of carbonyl (C=O) groups is 1. The predicted molar refractivity (Wildman–Crippen MR) is 46.8 cm³/mol. The third-order valence-corrected chi connectivity index (χ3v) is 2.26. The second kappa shape index (κ2) is 4.58. The molecule has 1 aliphatic rings. The van der Waals surface area contributed by atoms with Gasteiger partial charge in [0.25, 0.3) is 0 Å². The number of methoxy groups -OCH3 is 1. The first-order valence-corrected chi connectivity index (χ1v) is 4.51. The fourth-order valence-corrected chi connectivity index (χ4v) is 1.21. The van der Waals surface area contributed by atoms with Gasteiger partial charge in [0.15, 0.2) is 5.78 Å². The molecule has 0 amide bonds. The molecular weight excluding hydrogens is 154 g/mol. The van der Waals surface area contributed by atoms with Gasteiger partial charge in [-0.3, -0.25) is 4.79 Å². The lowest BCUT2D eigenvalue weighted by atomic mass is 10.1. The van der Waals surface area contributed by atoms with E-state index < -0.39 is 6.04 Å². The van der Waals surface area contributed by atoms with E-state index in [-0.39, 0.29) is 5.78 Å². The molecule has 0 radical (unpaired) electrons. The summed E-state index contributed by atoms with van der Waals surface area (Å²) < 4.78 is 4.80. The van der Waals surface area contributed by atoms with E-state index in [0.29, 0.717) is 13.0 Å². The Morgan fingerprint density at radius 2 is 2.33 bits per heavy atom. The summed E-state index contributed by atoms with van der Waals surface area (Å²) in [5.74, 6) is 0.951. The molecule has 0 aromatic carbocycles. The highest BCUT2D eigenvalue weighted by atomic mass is 16.5. The molecule has 0 bridgehead atoms. The van der Waals surface area contributed by atoms with Crippen molar-refractivity contribution in [1.82, 2.24) is 0 Å². The molecule has 0 spiro atoms. The maximum absolute atomic E-state index is 11.3. The second-order valence-electron chi connectivity index (χ2n) is 3.51. The zero-order chi connectivity index (χ0) is 8.97. The van der Waals surface area contributed by atoms with Gasteiger partial charge in [0.1, 0.15) is 0 Å². The highest BCUT2D eigenvalue weighted by Crippen LogP contribution is 2.33. The Kier molecular flexibility index (Phi) is 3.69. The van der Waals surface area contributed by atoms with Gasteiger partial charge in [0.05, 0.1) is 12.6 Å². The van der Waals surface area contributed by atoms with E-state index in [4.69, 9.17) is 10.5 Å². The van der Waals surface area contributed by atoms with Crippen LogP contribution in [-0.4, -0.2) is 25.5 Å². The zero-order valence-electron chi connectivity index (χ0n) is 7.58. The Morgan fingerprint density at radius 1 is 1.67 bits per heavy atom. The van der Waals surface area contributed by atoms with Crippen molar-refractivity contribution in [2.24, 2.45) is 11.7 Å².